The van der Waals surface area contributed by atoms with Crippen molar-refractivity contribution in [1.82, 2.24) is 0 Å². The van der Waals surface area contributed by atoms with E-state index in [2.05, 4.69) is 31.2 Å². The number of halogens is 1. The van der Waals surface area contributed by atoms with Crippen LogP contribution in [-0.4, -0.2) is 0 Å². The molecule has 0 saturated carbocycles. The zero-order valence-electron chi connectivity index (χ0n) is 7.84. The van der Waals surface area contributed by atoms with E-state index in [1.54, 1.807) is 0 Å². The molecule has 1 aliphatic rings. The summed E-state index contributed by atoms with van der Waals surface area (Å²) in [5, 5.41) is 0.862. The van der Waals surface area contributed by atoms with E-state index in [9.17, 15) is 0 Å². The van der Waals surface area contributed by atoms with Gasteiger partial charge in [0.05, 0.1) is 0 Å². The first-order valence-electron chi connectivity index (χ1n) is 4.68. The van der Waals surface area contributed by atoms with E-state index in [-0.39, 0.29) is 0 Å². The van der Waals surface area contributed by atoms with Crippen LogP contribution in [0.2, 0.25) is 5.02 Å². The third-order valence-corrected chi connectivity index (χ3v) is 3.14. The minimum atomic E-state index is 0.862. The Labute approximate surface area is 88.2 Å². The Morgan fingerprint density at radius 1 is 0.857 bits per heavy atom. The minimum absolute atomic E-state index is 0.862. The van der Waals surface area contributed by atoms with Gasteiger partial charge in [0, 0.05) is 10.6 Å². The van der Waals surface area contributed by atoms with Crippen LogP contribution in [-0.2, 0) is 0 Å². The summed E-state index contributed by atoms with van der Waals surface area (Å²) in [4.78, 5) is 0. The van der Waals surface area contributed by atoms with Crippen LogP contribution >= 0.6 is 11.6 Å². The maximum atomic E-state index is 6.15. The molecule has 3 rings (SSSR count). The predicted octanol–water partition coefficient (Wildman–Crippen LogP) is 4.30. The molecule has 0 aromatic heterocycles. The fourth-order valence-electron chi connectivity index (χ4n) is 2.18. The largest absolute Gasteiger partial charge is 0.0836 e. The first kappa shape index (κ1) is 8.07. The van der Waals surface area contributed by atoms with Crippen molar-refractivity contribution in [2.24, 2.45) is 0 Å². The third-order valence-electron chi connectivity index (χ3n) is 2.83. The van der Waals surface area contributed by atoms with E-state index in [4.69, 9.17) is 11.6 Å². The number of fused-ring (bicyclic) bond motifs is 4. The first-order chi connectivity index (χ1) is 6.79. The number of rotatable bonds is 0. The first-order valence-corrected chi connectivity index (χ1v) is 5.05. The molecule has 0 nitrogen and oxygen atoms in total. The van der Waals surface area contributed by atoms with Crippen LogP contribution in [0.1, 0.15) is 5.56 Å². The highest BCUT2D eigenvalue weighted by molar-refractivity contribution is 6.35. The number of hydrogen-bond acceptors (Lipinski definition) is 0. The zero-order valence-corrected chi connectivity index (χ0v) is 8.60. The summed E-state index contributed by atoms with van der Waals surface area (Å²) in [5.74, 6) is 0. The highest BCUT2D eigenvalue weighted by Crippen LogP contribution is 2.51. The molecule has 0 saturated heterocycles. The van der Waals surface area contributed by atoms with Crippen molar-refractivity contribution >= 4 is 11.6 Å². The fourth-order valence-corrected chi connectivity index (χ4v) is 2.45. The van der Waals surface area contributed by atoms with E-state index in [0.717, 1.165) is 5.02 Å². The molecular formula is C13H9Cl. The lowest BCUT2D eigenvalue weighted by Gasteiger charge is -2.26. The van der Waals surface area contributed by atoms with Crippen molar-refractivity contribution in [3.05, 3.63) is 47.0 Å². The van der Waals surface area contributed by atoms with Crippen molar-refractivity contribution in [1.29, 1.82) is 0 Å². The van der Waals surface area contributed by atoms with Gasteiger partial charge in [0.15, 0.2) is 0 Å². The molecule has 0 radical (unpaired) electrons. The molecule has 0 heterocycles. The van der Waals surface area contributed by atoms with Gasteiger partial charge >= 0.3 is 0 Å². The molecule has 0 amide bonds. The van der Waals surface area contributed by atoms with Crippen LogP contribution < -0.4 is 0 Å². The molecule has 0 bridgehead atoms. The maximum absolute atomic E-state index is 6.15. The van der Waals surface area contributed by atoms with E-state index in [1.807, 2.05) is 12.1 Å². The van der Waals surface area contributed by atoms with Crippen LogP contribution in [0.4, 0.5) is 0 Å². The van der Waals surface area contributed by atoms with Gasteiger partial charge in [-0.2, -0.15) is 0 Å². The average molecular weight is 201 g/mol. The lowest BCUT2D eigenvalue weighted by molar-refractivity contribution is 1.41. The molecule has 1 heteroatoms. The summed E-state index contributed by atoms with van der Waals surface area (Å²) in [6.45, 7) is 2.14. The van der Waals surface area contributed by atoms with E-state index in [0.29, 0.717) is 0 Å². The van der Waals surface area contributed by atoms with Crippen LogP contribution in [0.15, 0.2) is 36.4 Å². The maximum Gasteiger partial charge on any atom is 0.0490 e. The van der Waals surface area contributed by atoms with E-state index >= 15 is 0 Å². The molecule has 14 heavy (non-hydrogen) atoms. The van der Waals surface area contributed by atoms with Gasteiger partial charge in [0.1, 0.15) is 0 Å². The second-order valence-electron chi connectivity index (χ2n) is 3.66. The number of benzene rings is 2. The van der Waals surface area contributed by atoms with Gasteiger partial charge in [0.25, 0.3) is 0 Å². The Hall–Kier alpha value is -1.27. The molecule has 0 N–H and O–H groups in total. The summed E-state index contributed by atoms with van der Waals surface area (Å²) in [6, 6.07) is 12.5. The fraction of sp³-hybridized carbons (Fsp3) is 0.0769. The lowest BCUT2D eigenvalue weighted by Crippen LogP contribution is -2.01. The average Bonchev–Trinajstić information content (AvgIpc) is 2.13. The molecule has 0 spiro atoms. The number of hydrogen-bond donors (Lipinski definition) is 0. The summed E-state index contributed by atoms with van der Waals surface area (Å²) < 4.78 is 0. The van der Waals surface area contributed by atoms with Gasteiger partial charge in [0.2, 0.25) is 0 Å². The van der Waals surface area contributed by atoms with E-state index < -0.39 is 0 Å². The molecule has 0 fully saturated rings. The lowest BCUT2D eigenvalue weighted by atomic mass is 9.78. The molecule has 68 valence electrons. The second kappa shape index (κ2) is 2.61. The van der Waals surface area contributed by atoms with Gasteiger partial charge in [-0.25, -0.2) is 0 Å². The summed E-state index contributed by atoms with van der Waals surface area (Å²) in [7, 11) is 0. The highest BCUT2D eigenvalue weighted by Gasteiger charge is 2.25. The van der Waals surface area contributed by atoms with Gasteiger partial charge in [-0.3, -0.25) is 0 Å². The standard InChI is InChI=1S/C13H9Cl/c1-8-4-2-5-9-12(8)10-6-3-7-11(14)13(9)10/h2-7H,1H3. The predicted molar refractivity (Wildman–Crippen MR) is 60.6 cm³/mol. The molecule has 2 aromatic carbocycles. The van der Waals surface area contributed by atoms with Crippen molar-refractivity contribution in [3.8, 4) is 22.3 Å². The monoisotopic (exact) mass is 200 g/mol. The van der Waals surface area contributed by atoms with Gasteiger partial charge < -0.3 is 0 Å². The van der Waals surface area contributed by atoms with Crippen LogP contribution in [0, 0.1) is 6.92 Å². The van der Waals surface area contributed by atoms with Crippen molar-refractivity contribution in [2.75, 3.05) is 0 Å². The molecular weight excluding hydrogens is 192 g/mol. The Bertz CT molecular complexity index is 463. The van der Waals surface area contributed by atoms with Gasteiger partial charge in [-0.15, -0.1) is 0 Å². The van der Waals surface area contributed by atoms with Crippen molar-refractivity contribution in [3.63, 3.8) is 0 Å². The molecule has 0 unspecified atom stereocenters. The van der Waals surface area contributed by atoms with Gasteiger partial charge in [-0.1, -0.05) is 41.9 Å². The molecule has 2 aromatic rings. The Kier molecular flexibility index (Phi) is 1.51. The molecule has 1 aliphatic carbocycles. The van der Waals surface area contributed by atoms with E-state index in [1.165, 1.54) is 27.8 Å². The summed E-state index contributed by atoms with van der Waals surface area (Å²) in [5.41, 5.74) is 6.51. The summed E-state index contributed by atoms with van der Waals surface area (Å²) >= 11 is 6.15. The third kappa shape index (κ3) is 0.842. The Morgan fingerprint density at radius 3 is 2.29 bits per heavy atom. The quantitative estimate of drug-likeness (QED) is 0.508. The topological polar surface area (TPSA) is 0 Å². The van der Waals surface area contributed by atoms with Crippen LogP contribution in [0.25, 0.3) is 22.3 Å². The summed E-state index contributed by atoms with van der Waals surface area (Å²) in [6.07, 6.45) is 0. The van der Waals surface area contributed by atoms with Crippen molar-refractivity contribution in [2.45, 2.75) is 6.92 Å². The molecule has 0 aliphatic heterocycles. The smallest absolute Gasteiger partial charge is 0.0490 e. The number of aryl methyl sites for hydroxylation is 1. The Morgan fingerprint density at radius 2 is 1.50 bits per heavy atom. The van der Waals surface area contributed by atoms with Crippen LogP contribution in [0.3, 0.4) is 0 Å². The normalized spacial score (nSPS) is 11.6. The van der Waals surface area contributed by atoms with Crippen molar-refractivity contribution < 1.29 is 0 Å². The van der Waals surface area contributed by atoms with Gasteiger partial charge in [-0.05, 0) is 35.2 Å². The van der Waals surface area contributed by atoms with Crippen LogP contribution in [0.5, 0.6) is 0 Å². The Balaban J connectivity index is 2.36. The molecule has 0 atom stereocenters. The zero-order chi connectivity index (χ0) is 9.71. The minimum Gasteiger partial charge on any atom is -0.0836 e. The SMILES string of the molecule is Cc1cccc2c1-c1cccc(Cl)c1-2. The second-order valence-corrected chi connectivity index (χ2v) is 4.07. The highest BCUT2D eigenvalue weighted by atomic mass is 35.5.